The van der Waals surface area contributed by atoms with E-state index in [-0.39, 0.29) is 24.6 Å². The van der Waals surface area contributed by atoms with Crippen molar-refractivity contribution in [3.63, 3.8) is 0 Å². The van der Waals surface area contributed by atoms with E-state index in [1.54, 1.807) is 4.90 Å². The van der Waals surface area contributed by atoms with Gasteiger partial charge in [-0.05, 0) is 13.3 Å². The molecular formula is C15H26N2O4. The number of hydrogen-bond donors (Lipinski definition) is 0. The number of likely N-dealkylation sites (tertiary alicyclic amines) is 1. The minimum Gasteiger partial charge on any atom is -0.441 e. The third-order valence-electron chi connectivity index (χ3n) is 4.53. The molecular weight excluding hydrogens is 272 g/mol. The Balaban J connectivity index is 1.92. The van der Waals surface area contributed by atoms with Crippen LogP contribution in [0.4, 0.5) is 4.79 Å². The average Bonchev–Trinajstić information content (AvgIpc) is 2.77. The molecule has 2 rings (SSSR count). The van der Waals surface area contributed by atoms with Crippen LogP contribution in [0.2, 0.25) is 0 Å². The van der Waals surface area contributed by atoms with Crippen molar-refractivity contribution < 1.29 is 19.1 Å². The fraction of sp³-hybridized carbons (Fsp3) is 0.867. The van der Waals surface area contributed by atoms with E-state index in [1.165, 1.54) is 7.11 Å². The lowest BCUT2D eigenvalue weighted by Gasteiger charge is -2.37. The molecule has 2 amide bonds. The van der Waals surface area contributed by atoms with Crippen LogP contribution in [0.3, 0.4) is 0 Å². The molecule has 0 radical (unpaired) electrons. The summed E-state index contributed by atoms with van der Waals surface area (Å²) in [7, 11) is 1.52. The number of amides is 2. The van der Waals surface area contributed by atoms with Crippen LogP contribution < -0.4 is 0 Å². The van der Waals surface area contributed by atoms with Crippen molar-refractivity contribution in [2.45, 2.75) is 51.2 Å². The molecule has 2 fully saturated rings. The van der Waals surface area contributed by atoms with Crippen molar-refractivity contribution in [1.82, 2.24) is 9.80 Å². The summed E-state index contributed by atoms with van der Waals surface area (Å²) >= 11 is 0. The van der Waals surface area contributed by atoms with Gasteiger partial charge in [0.1, 0.15) is 12.2 Å². The molecule has 2 saturated heterocycles. The molecule has 2 heterocycles. The highest BCUT2D eigenvalue weighted by molar-refractivity contribution is 5.77. The molecule has 0 N–H and O–H groups in total. The van der Waals surface area contributed by atoms with Crippen molar-refractivity contribution in [3.8, 4) is 0 Å². The molecule has 120 valence electrons. The predicted molar refractivity (Wildman–Crippen MR) is 78.0 cm³/mol. The highest BCUT2D eigenvalue weighted by Gasteiger charge is 2.48. The van der Waals surface area contributed by atoms with Gasteiger partial charge in [-0.2, -0.15) is 0 Å². The van der Waals surface area contributed by atoms with Gasteiger partial charge in [0, 0.05) is 39.1 Å². The Morgan fingerprint density at radius 1 is 1.43 bits per heavy atom. The minimum atomic E-state index is -0.400. The summed E-state index contributed by atoms with van der Waals surface area (Å²) in [6, 6.07) is 0.218. The van der Waals surface area contributed by atoms with Gasteiger partial charge in [-0.1, -0.05) is 13.3 Å². The Hall–Kier alpha value is -1.30. The number of nitrogens with zero attached hydrogens (tertiary/aromatic N) is 2. The lowest BCUT2D eigenvalue weighted by molar-refractivity contribution is -0.138. The molecule has 6 heteroatoms. The molecule has 0 aromatic carbocycles. The molecule has 1 atom stereocenters. The molecule has 0 saturated carbocycles. The number of methoxy groups -OCH3 is 1. The van der Waals surface area contributed by atoms with Gasteiger partial charge < -0.3 is 19.3 Å². The van der Waals surface area contributed by atoms with Crippen LogP contribution in [-0.2, 0) is 14.3 Å². The minimum absolute atomic E-state index is 0.00730. The number of ether oxygens (including phenoxy) is 2. The van der Waals surface area contributed by atoms with Crippen molar-refractivity contribution in [1.29, 1.82) is 0 Å². The average molecular weight is 298 g/mol. The molecule has 21 heavy (non-hydrogen) atoms. The van der Waals surface area contributed by atoms with E-state index < -0.39 is 5.60 Å². The lowest BCUT2D eigenvalue weighted by Crippen LogP contribution is -2.49. The van der Waals surface area contributed by atoms with Crippen molar-refractivity contribution in [3.05, 3.63) is 0 Å². The normalized spacial score (nSPS) is 22.5. The monoisotopic (exact) mass is 298 g/mol. The molecule has 1 spiro atoms. The summed E-state index contributed by atoms with van der Waals surface area (Å²) in [6.45, 7) is 6.22. The van der Waals surface area contributed by atoms with Crippen LogP contribution in [0.15, 0.2) is 0 Å². The third kappa shape index (κ3) is 3.48. The largest absolute Gasteiger partial charge is 0.441 e. The molecule has 0 aromatic heterocycles. The zero-order valence-electron chi connectivity index (χ0n) is 13.3. The molecule has 6 nitrogen and oxygen atoms in total. The van der Waals surface area contributed by atoms with Crippen LogP contribution in [0.25, 0.3) is 0 Å². The third-order valence-corrected chi connectivity index (χ3v) is 4.53. The van der Waals surface area contributed by atoms with Crippen molar-refractivity contribution in [2.24, 2.45) is 0 Å². The second kappa shape index (κ2) is 6.64. The summed E-state index contributed by atoms with van der Waals surface area (Å²) in [6.07, 6.45) is 3.26. The smallest absolute Gasteiger partial charge is 0.410 e. The zero-order chi connectivity index (χ0) is 15.5. The Kier molecular flexibility index (Phi) is 5.08. The van der Waals surface area contributed by atoms with Gasteiger partial charge in [0.2, 0.25) is 5.91 Å². The van der Waals surface area contributed by atoms with Crippen LogP contribution in [-0.4, -0.2) is 66.8 Å². The highest BCUT2D eigenvalue weighted by atomic mass is 16.6. The fourth-order valence-corrected chi connectivity index (χ4v) is 3.20. The summed E-state index contributed by atoms with van der Waals surface area (Å²) in [5.41, 5.74) is -0.400. The maximum Gasteiger partial charge on any atom is 0.410 e. The number of carbonyl (C=O) groups excluding carboxylic acids is 2. The number of rotatable bonds is 5. The first-order chi connectivity index (χ1) is 10.0. The van der Waals surface area contributed by atoms with Crippen LogP contribution in [0.5, 0.6) is 0 Å². The van der Waals surface area contributed by atoms with E-state index in [2.05, 4.69) is 13.8 Å². The topological polar surface area (TPSA) is 59.1 Å². The van der Waals surface area contributed by atoms with Gasteiger partial charge >= 0.3 is 6.09 Å². The number of piperidine rings is 1. The first-order valence-electron chi connectivity index (χ1n) is 7.77. The molecule has 0 bridgehead atoms. The Bertz CT molecular complexity index is 391. The number of hydrogen-bond acceptors (Lipinski definition) is 4. The first kappa shape index (κ1) is 16.1. The van der Waals surface area contributed by atoms with Gasteiger partial charge in [-0.3, -0.25) is 4.79 Å². The van der Waals surface area contributed by atoms with Gasteiger partial charge in [0.15, 0.2) is 0 Å². The maximum absolute atomic E-state index is 12.1. The SMILES string of the molecule is CCC[C@@H](C)N1CC2(CCN(C(=O)COC)CC2)OC1=O. The van der Waals surface area contributed by atoms with Gasteiger partial charge in [0.05, 0.1) is 6.54 Å². The van der Waals surface area contributed by atoms with Crippen LogP contribution in [0, 0.1) is 0 Å². The Labute approximate surface area is 126 Å². The van der Waals surface area contributed by atoms with Gasteiger partial charge in [-0.25, -0.2) is 4.79 Å². The van der Waals surface area contributed by atoms with E-state index in [1.807, 2.05) is 4.90 Å². The van der Waals surface area contributed by atoms with E-state index in [4.69, 9.17) is 9.47 Å². The Morgan fingerprint density at radius 2 is 2.10 bits per heavy atom. The van der Waals surface area contributed by atoms with Crippen LogP contribution >= 0.6 is 0 Å². The molecule has 2 aliphatic rings. The first-order valence-corrected chi connectivity index (χ1v) is 7.77. The molecule has 0 aromatic rings. The van der Waals surface area contributed by atoms with E-state index in [0.717, 1.165) is 12.8 Å². The summed E-state index contributed by atoms with van der Waals surface area (Å²) in [5, 5.41) is 0. The predicted octanol–water partition coefficient (Wildman–Crippen LogP) is 1.63. The van der Waals surface area contributed by atoms with Crippen molar-refractivity contribution in [2.75, 3.05) is 33.4 Å². The highest BCUT2D eigenvalue weighted by Crippen LogP contribution is 2.34. The summed E-state index contributed by atoms with van der Waals surface area (Å²) in [4.78, 5) is 27.5. The molecule has 0 aliphatic carbocycles. The van der Waals surface area contributed by atoms with E-state index in [0.29, 0.717) is 32.5 Å². The summed E-state index contributed by atoms with van der Waals surface area (Å²) in [5.74, 6) is 0.00730. The summed E-state index contributed by atoms with van der Waals surface area (Å²) < 4.78 is 10.6. The Morgan fingerprint density at radius 3 is 2.67 bits per heavy atom. The fourth-order valence-electron chi connectivity index (χ4n) is 3.20. The zero-order valence-corrected chi connectivity index (χ0v) is 13.3. The molecule has 2 aliphatic heterocycles. The van der Waals surface area contributed by atoms with E-state index in [9.17, 15) is 9.59 Å². The second-order valence-electron chi connectivity index (χ2n) is 6.13. The van der Waals surface area contributed by atoms with Gasteiger partial charge in [-0.15, -0.1) is 0 Å². The quantitative estimate of drug-likeness (QED) is 0.774. The van der Waals surface area contributed by atoms with Crippen LogP contribution in [0.1, 0.15) is 39.5 Å². The standard InChI is InChI=1S/C15H26N2O4/c1-4-5-12(2)17-11-15(21-14(17)19)6-8-16(9-7-15)13(18)10-20-3/h12H,4-11H2,1-3H3/t12-/m1/s1. The van der Waals surface area contributed by atoms with Crippen molar-refractivity contribution >= 4 is 12.0 Å². The molecule has 0 unspecified atom stereocenters. The second-order valence-corrected chi connectivity index (χ2v) is 6.13. The maximum atomic E-state index is 12.1. The number of carbonyl (C=O) groups is 2. The lowest BCUT2D eigenvalue weighted by atomic mass is 9.91. The van der Waals surface area contributed by atoms with E-state index >= 15 is 0 Å². The van der Waals surface area contributed by atoms with Gasteiger partial charge in [0.25, 0.3) is 0 Å².